The number of benzene rings is 1. The highest BCUT2D eigenvalue weighted by atomic mass is 32.2. The molecule has 0 aliphatic rings. The maximum absolute atomic E-state index is 13.0. The average Bonchev–Trinajstić information content (AvgIpc) is 2.44. The third-order valence-electron chi connectivity index (χ3n) is 2.99. The predicted octanol–water partition coefficient (Wildman–Crippen LogP) is 3.43. The molecule has 0 amide bonds. The molecule has 11 heteroatoms. The van der Waals surface area contributed by atoms with E-state index in [-0.39, 0.29) is 11.3 Å². The van der Waals surface area contributed by atoms with Gasteiger partial charge in [0, 0.05) is 11.8 Å². The van der Waals surface area contributed by atoms with E-state index >= 15 is 0 Å². The van der Waals surface area contributed by atoms with Crippen molar-refractivity contribution in [1.29, 1.82) is 0 Å². The summed E-state index contributed by atoms with van der Waals surface area (Å²) >= 11 is 0. The van der Waals surface area contributed by atoms with Crippen molar-refractivity contribution in [2.24, 2.45) is 5.14 Å². The largest absolute Gasteiger partial charge is 0.417 e. The van der Waals surface area contributed by atoms with E-state index in [9.17, 15) is 34.8 Å². The maximum Gasteiger partial charge on any atom is 0.417 e. The summed E-state index contributed by atoms with van der Waals surface area (Å²) in [4.78, 5) is 2.32. The average molecular weight is 370 g/mol. The number of hydrogen-bond donors (Lipinski definition) is 1. The number of nitrogens with two attached hydrogens (primary N) is 1. The summed E-state index contributed by atoms with van der Waals surface area (Å²) in [6, 6.07) is 3.64. The highest BCUT2D eigenvalue weighted by molar-refractivity contribution is 7.89. The summed E-state index contributed by atoms with van der Waals surface area (Å²) in [5, 5.41) is 4.72. The van der Waals surface area contributed by atoms with Gasteiger partial charge >= 0.3 is 12.4 Å². The molecule has 130 valence electrons. The van der Waals surface area contributed by atoms with Crippen LogP contribution >= 0.6 is 0 Å². The van der Waals surface area contributed by atoms with E-state index in [1.54, 1.807) is 0 Å². The number of pyridine rings is 1. The lowest BCUT2D eigenvalue weighted by Gasteiger charge is -2.13. The van der Waals surface area contributed by atoms with Crippen molar-refractivity contribution in [3.05, 3.63) is 47.7 Å². The number of nitrogens with zero attached hydrogens (tertiary/aromatic N) is 1. The van der Waals surface area contributed by atoms with Gasteiger partial charge in [0.25, 0.3) is 0 Å². The molecule has 0 bridgehead atoms. The Hall–Kier alpha value is -2.14. The maximum atomic E-state index is 13.0. The summed E-state index contributed by atoms with van der Waals surface area (Å²) < 4.78 is 98.9. The van der Waals surface area contributed by atoms with E-state index in [1.165, 1.54) is 0 Å². The van der Waals surface area contributed by atoms with Gasteiger partial charge in [0.1, 0.15) is 4.90 Å². The molecule has 0 saturated carbocycles. The molecule has 0 aliphatic heterocycles. The van der Waals surface area contributed by atoms with Crippen molar-refractivity contribution < 1.29 is 34.8 Å². The Kier molecular flexibility index (Phi) is 4.35. The van der Waals surface area contributed by atoms with Gasteiger partial charge in [-0.3, -0.25) is 4.98 Å². The van der Waals surface area contributed by atoms with Crippen LogP contribution in [0.15, 0.2) is 41.4 Å². The van der Waals surface area contributed by atoms with Crippen LogP contribution in [0, 0.1) is 0 Å². The topological polar surface area (TPSA) is 73.1 Å². The van der Waals surface area contributed by atoms with Gasteiger partial charge in [-0.1, -0.05) is 12.1 Å². The fraction of sp³-hybridized carbons (Fsp3) is 0.154. The third-order valence-corrected chi connectivity index (χ3v) is 3.93. The molecule has 2 N–H and O–H groups in total. The van der Waals surface area contributed by atoms with Gasteiger partial charge in [0.2, 0.25) is 10.0 Å². The Morgan fingerprint density at radius 2 is 1.46 bits per heavy atom. The van der Waals surface area contributed by atoms with Gasteiger partial charge in [0.15, 0.2) is 0 Å². The Labute approximate surface area is 132 Å². The molecular weight excluding hydrogens is 362 g/mol. The van der Waals surface area contributed by atoms with Crippen LogP contribution in [0.3, 0.4) is 0 Å². The molecule has 4 nitrogen and oxygen atoms in total. The summed E-state index contributed by atoms with van der Waals surface area (Å²) in [6.45, 7) is 0. The summed E-state index contributed by atoms with van der Waals surface area (Å²) in [5.74, 6) is 0. The number of primary sulfonamides is 1. The molecule has 2 rings (SSSR count). The molecule has 0 fully saturated rings. The lowest BCUT2D eigenvalue weighted by molar-refractivity contribution is -0.140. The zero-order valence-electron chi connectivity index (χ0n) is 11.5. The first-order valence-corrected chi connectivity index (χ1v) is 7.62. The van der Waals surface area contributed by atoms with Gasteiger partial charge in [-0.2, -0.15) is 26.3 Å². The number of rotatable bonds is 2. The van der Waals surface area contributed by atoms with Gasteiger partial charge in [-0.05, 0) is 18.2 Å². The molecule has 1 aromatic carbocycles. The first kappa shape index (κ1) is 18.2. The highest BCUT2D eigenvalue weighted by Crippen LogP contribution is 2.36. The molecule has 0 unspecified atom stereocenters. The second-order valence-electron chi connectivity index (χ2n) is 4.68. The van der Waals surface area contributed by atoms with Gasteiger partial charge < -0.3 is 0 Å². The molecule has 1 aromatic heterocycles. The van der Waals surface area contributed by atoms with Crippen molar-refractivity contribution in [1.82, 2.24) is 4.98 Å². The highest BCUT2D eigenvalue weighted by Gasteiger charge is 2.37. The number of sulfonamides is 1. The first-order valence-electron chi connectivity index (χ1n) is 6.08. The van der Waals surface area contributed by atoms with Crippen molar-refractivity contribution in [2.75, 3.05) is 0 Å². The molecular formula is C13H8F6N2O2S. The van der Waals surface area contributed by atoms with Crippen molar-refractivity contribution in [2.45, 2.75) is 17.2 Å². The van der Waals surface area contributed by atoms with E-state index in [2.05, 4.69) is 4.98 Å². The minimum atomic E-state index is -5.04. The summed E-state index contributed by atoms with van der Waals surface area (Å²) in [6.07, 6.45) is -9.21. The van der Waals surface area contributed by atoms with Gasteiger partial charge in [-0.25, -0.2) is 13.6 Å². The molecule has 1 heterocycles. The lowest BCUT2D eigenvalue weighted by atomic mass is 10.1. The number of aromatic nitrogens is 1. The number of alkyl halides is 6. The molecule has 0 atom stereocenters. The minimum absolute atomic E-state index is 0.0468. The summed E-state index contributed by atoms with van der Waals surface area (Å²) in [5.41, 5.74) is -2.92. The van der Waals surface area contributed by atoms with Crippen LogP contribution in [0.2, 0.25) is 0 Å². The Morgan fingerprint density at radius 1 is 0.917 bits per heavy atom. The van der Waals surface area contributed by atoms with Crippen molar-refractivity contribution in [3.8, 4) is 11.3 Å². The van der Waals surface area contributed by atoms with Crippen LogP contribution in [-0.4, -0.2) is 13.4 Å². The normalized spacial score (nSPS) is 13.1. The predicted molar refractivity (Wildman–Crippen MR) is 71.1 cm³/mol. The smallest absolute Gasteiger partial charge is 0.255 e. The molecule has 2 aromatic rings. The van der Waals surface area contributed by atoms with Crippen LogP contribution < -0.4 is 5.14 Å². The van der Waals surface area contributed by atoms with E-state index < -0.39 is 38.4 Å². The van der Waals surface area contributed by atoms with E-state index in [4.69, 9.17) is 5.14 Å². The number of halogens is 6. The Morgan fingerprint density at radius 3 is 1.88 bits per heavy atom. The minimum Gasteiger partial charge on any atom is -0.255 e. The summed E-state index contributed by atoms with van der Waals surface area (Å²) in [7, 11) is -4.67. The fourth-order valence-electron chi connectivity index (χ4n) is 1.88. The van der Waals surface area contributed by atoms with Crippen LogP contribution in [0.4, 0.5) is 26.3 Å². The molecule has 24 heavy (non-hydrogen) atoms. The lowest BCUT2D eigenvalue weighted by Crippen LogP contribution is -2.19. The standard InChI is InChI=1S/C13H8F6N2O2S/c14-12(15,16)8-3-1-7(2-4-8)10-5-9(13(17,18)19)11(6-21-10)24(20,22)23/h1-6H,(H2,20,22,23). The van der Waals surface area contributed by atoms with Crippen LogP contribution in [0.25, 0.3) is 11.3 Å². The second-order valence-corrected chi connectivity index (χ2v) is 6.21. The molecule has 0 radical (unpaired) electrons. The van der Waals surface area contributed by atoms with E-state index in [0.717, 1.165) is 12.1 Å². The van der Waals surface area contributed by atoms with Crippen LogP contribution in [-0.2, 0) is 22.4 Å². The first-order chi connectivity index (χ1) is 10.8. The van der Waals surface area contributed by atoms with Crippen molar-refractivity contribution >= 4 is 10.0 Å². The molecule has 0 spiro atoms. The fourth-order valence-corrected chi connectivity index (χ4v) is 2.56. The second kappa shape index (κ2) is 5.74. The zero-order valence-corrected chi connectivity index (χ0v) is 12.3. The van der Waals surface area contributed by atoms with E-state index in [1.807, 2.05) is 0 Å². The SMILES string of the molecule is NS(=O)(=O)c1cnc(-c2ccc(C(F)(F)F)cc2)cc1C(F)(F)F. The number of hydrogen-bond acceptors (Lipinski definition) is 3. The Balaban J connectivity index is 2.57. The molecule has 0 saturated heterocycles. The van der Waals surface area contributed by atoms with E-state index in [0.29, 0.717) is 24.4 Å². The monoisotopic (exact) mass is 370 g/mol. The zero-order chi connectivity index (χ0) is 18.3. The quantitative estimate of drug-likeness (QED) is 0.823. The van der Waals surface area contributed by atoms with Crippen LogP contribution in [0.5, 0.6) is 0 Å². The van der Waals surface area contributed by atoms with Crippen LogP contribution in [0.1, 0.15) is 11.1 Å². The third kappa shape index (κ3) is 3.85. The van der Waals surface area contributed by atoms with Gasteiger partial charge in [-0.15, -0.1) is 0 Å². The van der Waals surface area contributed by atoms with Gasteiger partial charge in [0.05, 0.1) is 16.8 Å². The molecule has 0 aliphatic carbocycles. The Bertz CT molecular complexity index is 858. The van der Waals surface area contributed by atoms with Crippen molar-refractivity contribution in [3.63, 3.8) is 0 Å².